The molecule has 1 fully saturated rings. The van der Waals surface area contributed by atoms with Gasteiger partial charge in [0.25, 0.3) is 0 Å². The van der Waals surface area contributed by atoms with E-state index in [1.807, 2.05) is 6.92 Å². The fourth-order valence-corrected chi connectivity index (χ4v) is 2.33. The first kappa shape index (κ1) is 13.5. The van der Waals surface area contributed by atoms with Gasteiger partial charge in [-0.25, -0.2) is 0 Å². The predicted molar refractivity (Wildman–Crippen MR) is 74.0 cm³/mol. The number of hydrogen-bond donors (Lipinski definition) is 3. The molecular formula is C14H19N3O2. The quantitative estimate of drug-likeness (QED) is 0.760. The fourth-order valence-electron chi connectivity index (χ4n) is 2.33. The molecule has 102 valence electrons. The van der Waals surface area contributed by atoms with Gasteiger partial charge in [-0.1, -0.05) is 6.07 Å². The molecule has 5 nitrogen and oxygen atoms in total. The number of carbonyl (C=O) groups excluding carboxylic acids is 2. The number of aryl methyl sites for hydroxylation is 1. The van der Waals surface area contributed by atoms with E-state index in [-0.39, 0.29) is 11.9 Å². The summed E-state index contributed by atoms with van der Waals surface area (Å²) in [6.07, 6.45) is 2.61. The second kappa shape index (κ2) is 5.84. The molecule has 1 aliphatic rings. The number of rotatable bonds is 4. The van der Waals surface area contributed by atoms with Crippen LogP contribution >= 0.6 is 0 Å². The van der Waals surface area contributed by atoms with E-state index in [0.29, 0.717) is 17.7 Å². The van der Waals surface area contributed by atoms with Gasteiger partial charge >= 0.3 is 0 Å². The number of primary amides is 1. The van der Waals surface area contributed by atoms with Crippen molar-refractivity contribution in [1.82, 2.24) is 5.32 Å². The molecule has 0 saturated carbocycles. The number of hydrogen-bond acceptors (Lipinski definition) is 3. The maximum atomic E-state index is 11.9. The molecule has 5 heteroatoms. The minimum Gasteiger partial charge on any atom is -0.366 e. The van der Waals surface area contributed by atoms with E-state index in [4.69, 9.17) is 5.73 Å². The van der Waals surface area contributed by atoms with Crippen LogP contribution in [0.5, 0.6) is 0 Å². The lowest BCUT2D eigenvalue weighted by Crippen LogP contribution is -2.27. The average molecular weight is 261 g/mol. The van der Waals surface area contributed by atoms with Crippen molar-refractivity contribution in [2.75, 3.05) is 11.9 Å². The second-order valence-corrected chi connectivity index (χ2v) is 4.94. The molecule has 1 aliphatic heterocycles. The maximum Gasteiger partial charge on any atom is 0.249 e. The zero-order chi connectivity index (χ0) is 13.8. The number of benzene rings is 1. The molecule has 1 atom stereocenters. The van der Waals surface area contributed by atoms with Gasteiger partial charge in [0.1, 0.15) is 0 Å². The lowest BCUT2D eigenvalue weighted by molar-refractivity contribution is -0.116. The zero-order valence-corrected chi connectivity index (χ0v) is 11.0. The molecule has 2 rings (SSSR count). The minimum absolute atomic E-state index is 0.0429. The van der Waals surface area contributed by atoms with E-state index in [1.165, 1.54) is 0 Å². The molecule has 1 unspecified atom stereocenters. The van der Waals surface area contributed by atoms with Crippen molar-refractivity contribution in [3.8, 4) is 0 Å². The van der Waals surface area contributed by atoms with Gasteiger partial charge in [-0.05, 0) is 44.0 Å². The normalized spacial score (nSPS) is 18.3. The molecule has 2 amide bonds. The summed E-state index contributed by atoms with van der Waals surface area (Å²) in [6.45, 7) is 2.79. The Labute approximate surface area is 112 Å². The van der Waals surface area contributed by atoms with E-state index < -0.39 is 5.91 Å². The van der Waals surface area contributed by atoms with Gasteiger partial charge in [-0.3, -0.25) is 9.59 Å². The molecule has 4 N–H and O–H groups in total. The smallest absolute Gasteiger partial charge is 0.249 e. The van der Waals surface area contributed by atoms with Crippen molar-refractivity contribution in [2.45, 2.75) is 32.2 Å². The van der Waals surface area contributed by atoms with Gasteiger partial charge in [0, 0.05) is 23.7 Å². The lowest BCUT2D eigenvalue weighted by Gasteiger charge is -2.11. The largest absolute Gasteiger partial charge is 0.366 e. The van der Waals surface area contributed by atoms with Crippen molar-refractivity contribution < 1.29 is 9.59 Å². The molecule has 19 heavy (non-hydrogen) atoms. The van der Waals surface area contributed by atoms with E-state index in [1.54, 1.807) is 18.2 Å². The van der Waals surface area contributed by atoms with Gasteiger partial charge in [0.15, 0.2) is 0 Å². The highest BCUT2D eigenvalue weighted by molar-refractivity contribution is 5.97. The van der Waals surface area contributed by atoms with Crippen molar-refractivity contribution in [3.05, 3.63) is 29.3 Å². The van der Waals surface area contributed by atoms with Crippen molar-refractivity contribution in [3.63, 3.8) is 0 Å². The first-order valence-corrected chi connectivity index (χ1v) is 6.50. The van der Waals surface area contributed by atoms with Gasteiger partial charge in [0.05, 0.1) is 0 Å². The Balaban J connectivity index is 2.00. The molecule has 1 aromatic carbocycles. The average Bonchev–Trinajstić information content (AvgIpc) is 2.84. The van der Waals surface area contributed by atoms with Crippen molar-refractivity contribution in [2.24, 2.45) is 5.73 Å². The van der Waals surface area contributed by atoms with E-state index in [0.717, 1.165) is 24.9 Å². The fraction of sp³-hybridized carbons (Fsp3) is 0.429. The Morgan fingerprint density at radius 3 is 2.89 bits per heavy atom. The molecule has 0 aromatic heterocycles. The van der Waals surface area contributed by atoms with Crippen LogP contribution in [-0.2, 0) is 4.79 Å². The number of anilines is 1. The van der Waals surface area contributed by atoms with Gasteiger partial charge < -0.3 is 16.4 Å². The molecule has 1 heterocycles. The summed E-state index contributed by atoms with van der Waals surface area (Å²) in [5.41, 5.74) is 7.15. The Bertz CT molecular complexity index is 493. The number of nitrogens with two attached hydrogens (primary N) is 1. The predicted octanol–water partition coefficient (Wildman–Crippen LogP) is 1.17. The Kier molecular flexibility index (Phi) is 4.16. The standard InChI is InChI=1S/C14H19N3O2/c1-9-4-5-11(7-12(9)14(15)19)17-13(18)8-10-3-2-6-16-10/h4-5,7,10,16H,2-3,6,8H2,1H3,(H2,15,19)(H,17,18). The van der Waals surface area contributed by atoms with Crippen LogP contribution in [0.3, 0.4) is 0 Å². The van der Waals surface area contributed by atoms with Crippen LogP contribution in [-0.4, -0.2) is 24.4 Å². The third-order valence-electron chi connectivity index (χ3n) is 3.38. The highest BCUT2D eigenvalue weighted by Gasteiger charge is 2.17. The summed E-state index contributed by atoms with van der Waals surface area (Å²) < 4.78 is 0. The molecule has 0 bridgehead atoms. The molecule has 1 aromatic rings. The van der Waals surface area contributed by atoms with Crippen LogP contribution in [0.1, 0.15) is 35.2 Å². The highest BCUT2D eigenvalue weighted by atomic mass is 16.2. The maximum absolute atomic E-state index is 11.9. The van der Waals surface area contributed by atoms with Crippen molar-refractivity contribution in [1.29, 1.82) is 0 Å². The van der Waals surface area contributed by atoms with E-state index in [9.17, 15) is 9.59 Å². The van der Waals surface area contributed by atoms with Gasteiger partial charge in [-0.2, -0.15) is 0 Å². The van der Waals surface area contributed by atoms with Crippen LogP contribution in [0.2, 0.25) is 0 Å². The number of carbonyl (C=O) groups is 2. The summed E-state index contributed by atoms with van der Waals surface area (Å²) >= 11 is 0. The van der Waals surface area contributed by atoms with Crippen LogP contribution in [0.15, 0.2) is 18.2 Å². The summed E-state index contributed by atoms with van der Waals surface area (Å²) in [4.78, 5) is 23.1. The highest BCUT2D eigenvalue weighted by Crippen LogP contribution is 2.16. The van der Waals surface area contributed by atoms with Crippen LogP contribution < -0.4 is 16.4 Å². The molecule has 0 aliphatic carbocycles. The third-order valence-corrected chi connectivity index (χ3v) is 3.38. The zero-order valence-electron chi connectivity index (χ0n) is 11.0. The Morgan fingerprint density at radius 2 is 2.26 bits per heavy atom. The summed E-state index contributed by atoms with van der Waals surface area (Å²) in [5.74, 6) is -0.523. The number of amides is 2. The van der Waals surface area contributed by atoms with Crippen LogP contribution in [0.25, 0.3) is 0 Å². The molecule has 0 spiro atoms. The van der Waals surface area contributed by atoms with E-state index in [2.05, 4.69) is 10.6 Å². The molecule has 0 radical (unpaired) electrons. The first-order valence-electron chi connectivity index (χ1n) is 6.50. The minimum atomic E-state index is -0.481. The number of nitrogens with one attached hydrogen (secondary N) is 2. The van der Waals surface area contributed by atoms with Crippen LogP contribution in [0, 0.1) is 6.92 Å². The second-order valence-electron chi connectivity index (χ2n) is 4.94. The van der Waals surface area contributed by atoms with Crippen molar-refractivity contribution >= 4 is 17.5 Å². The first-order chi connectivity index (χ1) is 9.06. The molecule has 1 saturated heterocycles. The Hall–Kier alpha value is -1.88. The monoisotopic (exact) mass is 261 g/mol. The van der Waals surface area contributed by atoms with Crippen LogP contribution in [0.4, 0.5) is 5.69 Å². The SMILES string of the molecule is Cc1ccc(NC(=O)CC2CCCN2)cc1C(N)=O. The summed E-state index contributed by atoms with van der Waals surface area (Å²) in [7, 11) is 0. The third kappa shape index (κ3) is 3.54. The Morgan fingerprint density at radius 1 is 1.47 bits per heavy atom. The summed E-state index contributed by atoms with van der Waals surface area (Å²) in [5, 5.41) is 6.08. The lowest BCUT2D eigenvalue weighted by atomic mass is 10.1. The van der Waals surface area contributed by atoms with E-state index >= 15 is 0 Å². The summed E-state index contributed by atoms with van der Waals surface area (Å²) in [6, 6.07) is 5.45. The van der Waals surface area contributed by atoms with Gasteiger partial charge in [-0.15, -0.1) is 0 Å². The van der Waals surface area contributed by atoms with Gasteiger partial charge in [0.2, 0.25) is 11.8 Å². The molecular weight excluding hydrogens is 242 g/mol. The topological polar surface area (TPSA) is 84.2 Å².